The number of sulfonamides is 1. The highest BCUT2D eigenvalue weighted by Crippen LogP contribution is 2.18. The number of carbonyl (C=O) groups is 1. The van der Waals surface area contributed by atoms with Crippen LogP contribution in [0.2, 0.25) is 0 Å². The van der Waals surface area contributed by atoms with E-state index in [4.69, 9.17) is 9.84 Å². The molecular formula is C18H21NO5S. The maximum absolute atomic E-state index is 12.3. The van der Waals surface area contributed by atoms with E-state index in [1.807, 2.05) is 30.3 Å². The molecule has 0 aliphatic heterocycles. The summed E-state index contributed by atoms with van der Waals surface area (Å²) in [6.45, 7) is 3.66. The minimum Gasteiger partial charge on any atom is -0.489 e. The summed E-state index contributed by atoms with van der Waals surface area (Å²) < 4.78 is 32.5. The molecule has 0 aliphatic rings. The number of carboxylic acids is 1. The first-order valence-electron chi connectivity index (χ1n) is 7.81. The van der Waals surface area contributed by atoms with Crippen LogP contribution in [0.5, 0.6) is 5.75 Å². The Balaban J connectivity index is 2.06. The first kappa shape index (κ1) is 19.0. The van der Waals surface area contributed by atoms with Crippen LogP contribution in [-0.4, -0.2) is 25.5 Å². The van der Waals surface area contributed by atoms with Crippen LogP contribution < -0.4 is 9.46 Å². The number of ether oxygens (including phenoxy) is 1. The molecule has 0 bridgehead atoms. The van der Waals surface area contributed by atoms with Gasteiger partial charge in [0, 0.05) is 0 Å². The number of nitrogens with one attached hydrogen (secondary N) is 1. The molecule has 0 amide bonds. The summed E-state index contributed by atoms with van der Waals surface area (Å²) >= 11 is 0. The Morgan fingerprint density at radius 2 is 1.68 bits per heavy atom. The molecule has 0 saturated heterocycles. The summed E-state index contributed by atoms with van der Waals surface area (Å²) in [7, 11) is -3.92. The molecule has 2 rings (SSSR count). The zero-order chi connectivity index (χ0) is 18.4. The molecule has 7 heteroatoms. The third kappa shape index (κ3) is 5.30. The molecule has 134 valence electrons. The van der Waals surface area contributed by atoms with Gasteiger partial charge in [0.25, 0.3) is 0 Å². The van der Waals surface area contributed by atoms with Crippen molar-refractivity contribution >= 4 is 16.0 Å². The highest BCUT2D eigenvalue weighted by Gasteiger charge is 2.27. The summed E-state index contributed by atoms with van der Waals surface area (Å²) in [5.74, 6) is -1.05. The van der Waals surface area contributed by atoms with Gasteiger partial charge in [-0.05, 0) is 35.7 Å². The van der Waals surface area contributed by atoms with Crippen molar-refractivity contribution in [3.8, 4) is 5.75 Å². The molecule has 0 saturated carbocycles. The lowest BCUT2D eigenvalue weighted by Crippen LogP contribution is -2.44. The van der Waals surface area contributed by atoms with E-state index in [9.17, 15) is 13.2 Å². The van der Waals surface area contributed by atoms with Gasteiger partial charge in [-0.2, -0.15) is 4.72 Å². The maximum Gasteiger partial charge on any atom is 0.322 e. The fourth-order valence-electron chi connectivity index (χ4n) is 2.16. The summed E-state index contributed by atoms with van der Waals surface area (Å²) in [6.07, 6.45) is 0. The third-order valence-corrected chi connectivity index (χ3v) is 5.05. The van der Waals surface area contributed by atoms with Gasteiger partial charge in [0.1, 0.15) is 18.4 Å². The number of aliphatic carboxylic acids is 1. The van der Waals surface area contributed by atoms with Crippen molar-refractivity contribution in [3.05, 3.63) is 60.2 Å². The van der Waals surface area contributed by atoms with E-state index in [0.29, 0.717) is 12.4 Å². The van der Waals surface area contributed by atoms with Crippen LogP contribution >= 0.6 is 0 Å². The fraction of sp³-hybridized carbons (Fsp3) is 0.278. The summed E-state index contributed by atoms with van der Waals surface area (Å²) in [5.41, 5.74) is 1.00. The third-order valence-electron chi connectivity index (χ3n) is 3.60. The second-order valence-corrected chi connectivity index (χ2v) is 7.64. The summed E-state index contributed by atoms with van der Waals surface area (Å²) in [6, 6.07) is 14.3. The summed E-state index contributed by atoms with van der Waals surface area (Å²) in [5, 5.41) is 9.13. The number of rotatable bonds is 8. The van der Waals surface area contributed by atoms with E-state index in [2.05, 4.69) is 4.72 Å². The van der Waals surface area contributed by atoms with E-state index in [0.717, 1.165) is 5.56 Å². The zero-order valence-electron chi connectivity index (χ0n) is 14.0. The first-order chi connectivity index (χ1) is 11.8. The Bertz CT molecular complexity index is 801. The number of carboxylic acid groups (broad SMARTS) is 1. The first-order valence-corrected chi connectivity index (χ1v) is 9.30. The molecule has 6 nitrogen and oxygen atoms in total. The second kappa shape index (κ2) is 8.13. The molecule has 1 unspecified atom stereocenters. The standard InChI is InChI=1S/C18H21NO5S/c1-13(2)17(18(20)21)19-25(22,23)16-10-8-15(9-11-16)24-12-14-6-4-3-5-7-14/h3-11,13,17,19H,12H2,1-2H3,(H,20,21). The monoisotopic (exact) mass is 363 g/mol. The van der Waals surface area contributed by atoms with E-state index in [-0.39, 0.29) is 10.8 Å². The molecular weight excluding hydrogens is 342 g/mol. The molecule has 2 N–H and O–H groups in total. The van der Waals surface area contributed by atoms with E-state index in [1.165, 1.54) is 12.1 Å². The second-order valence-electron chi connectivity index (χ2n) is 5.93. The molecule has 0 radical (unpaired) electrons. The molecule has 1 atom stereocenters. The lowest BCUT2D eigenvalue weighted by molar-refractivity contribution is -0.140. The van der Waals surface area contributed by atoms with Crippen molar-refractivity contribution in [2.75, 3.05) is 0 Å². The van der Waals surface area contributed by atoms with Crippen LogP contribution in [0, 0.1) is 5.92 Å². The maximum atomic E-state index is 12.3. The molecule has 2 aromatic carbocycles. The van der Waals surface area contributed by atoms with Gasteiger partial charge in [-0.3, -0.25) is 4.79 Å². The molecule has 0 aliphatic carbocycles. The van der Waals surface area contributed by atoms with E-state index in [1.54, 1.807) is 26.0 Å². The summed E-state index contributed by atoms with van der Waals surface area (Å²) in [4.78, 5) is 11.2. The van der Waals surface area contributed by atoms with Gasteiger partial charge in [-0.25, -0.2) is 8.42 Å². The van der Waals surface area contributed by atoms with Crippen molar-refractivity contribution in [1.82, 2.24) is 4.72 Å². The highest BCUT2D eigenvalue weighted by molar-refractivity contribution is 7.89. The lowest BCUT2D eigenvalue weighted by Gasteiger charge is -2.18. The minimum absolute atomic E-state index is 0.00791. The minimum atomic E-state index is -3.92. The lowest BCUT2D eigenvalue weighted by atomic mass is 10.1. The predicted molar refractivity (Wildman–Crippen MR) is 93.8 cm³/mol. The molecule has 0 heterocycles. The Kier molecular flexibility index (Phi) is 6.17. The average Bonchev–Trinajstić information content (AvgIpc) is 2.59. The van der Waals surface area contributed by atoms with Crippen molar-refractivity contribution < 1.29 is 23.1 Å². The van der Waals surface area contributed by atoms with Crippen molar-refractivity contribution in [3.63, 3.8) is 0 Å². The fourth-order valence-corrected chi connectivity index (χ4v) is 3.50. The van der Waals surface area contributed by atoms with Crippen molar-refractivity contribution in [2.24, 2.45) is 5.92 Å². The van der Waals surface area contributed by atoms with Crippen molar-refractivity contribution in [1.29, 1.82) is 0 Å². The van der Waals surface area contributed by atoms with Crippen LogP contribution in [-0.2, 0) is 21.4 Å². The zero-order valence-corrected chi connectivity index (χ0v) is 14.9. The van der Waals surface area contributed by atoms with Crippen LogP contribution in [0.25, 0.3) is 0 Å². The Morgan fingerprint density at radius 3 is 2.20 bits per heavy atom. The van der Waals surface area contributed by atoms with E-state index >= 15 is 0 Å². The molecule has 0 spiro atoms. The Labute approximate surface area is 147 Å². The number of hydrogen-bond acceptors (Lipinski definition) is 4. The normalized spacial score (nSPS) is 12.8. The van der Waals surface area contributed by atoms with Gasteiger partial charge in [0.2, 0.25) is 10.0 Å². The van der Waals surface area contributed by atoms with Gasteiger partial charge in [-0.1, -0.05) is 44.2 Å². The number of hydrogen-bond donors (Lipinski definition) is 2. The van der Waals surface area contributed by atoms with Crippen LogP contribution in [0.1, 0.15) is 19.4 Å². The topological polar surface area (TPSA) is 92.7 Å². The van der Waals surface area contributed by atoms with Crippen LogP contribution in [0.4, 0.5) is 0 Å². The SMILES string of the molecule is CC(C)C(NS(=O)(=O)c1ccc(OCc2ccccc2)cc1)C(=O)O. The predicted octanol–water partition coefficient (Wildman–Crippen LogP) is 2.65. The molecule has 25 heavy (non-hydrogen) atoms. The molecule has 2 aromatic rings. The average molecular weight is 363 g/mol. The van der Waals surface area contributed by atoms with Gasteiger partial charge in [0.15, 0.2) is 0 Å². The van der Waals surface area contributed by atoms with Gasteiger partial charge in [-0.15, -0.1) is 0 Å². The van der Waals surface area contributed by atoms with E-state index < -0.39 is 22.0 Å². The van der Waals surface area contributed by atoms with Crippen LogP contribution in [0.3, 0.4) is 0 Å². The molecule has 0 fully saturated rings. The van der Waals surface area contributed by atoms with Gasteiger partial charge >= 0.3 is 5.97 Å². The van der Waals surface area contributed by atoms with Gasteiger partial charge < -0.3 is 9.84 Å². The smallest absolute Gasteiger partial charge is 0.322 e. The van der Waals surface area contributed by atoms with Gasteiger partial charge in [0.05, 0.1) is 4.90 Å². The van der Waals surface area contributed by atoms with Crippen LogP contribution in [0.15, 0.2) is 59.5 Å². The Morgan fingerprint density at radius 1 is 1.08 bits per heavy atom. The largest absolute Gasteiger partial charge is 0.489 e. The van der Waals surface area contributed by atoms with Crippen molar-refractivity contribution in [2.45, 2.75) is 31.4 Å². The highest BCUT2D eigenvalue weighted by atomic mass is 32.2. The number of benzene rings is 2. The Hall–Kier alpha value is -2.38. The molecule has 0 aromatic heterocycles. The quantitative estimate of drug-likeness (QED) is 0.752.